The summed E-state index contributed by atoms with van der Waals surface area (Å²) in [6, 6.07) is 5.87. The number of carboxylic acids is 1. The van der Waals surface area contributed by atoms with Crippen LogP contribution >= 0.6 is 0 Å². The molecule has 4 rings (SSSR count). The Bertz CT molecular complexity index is 1040. The van der Waals surface area contributed by atoms with E-state index in [9.17, 15) is 14.4 Å². The number of fused-ring (bicyclic) bond motifs is 1. The van der Waals surface area contributed by atoms with Gasteiger partial charge < -0.3 is 10.4 Å². The molecule has 0 radical (unpaired) electrons. The highest BCUT2D eigenvalue weighted by Crippen LogP contribution is 2.33. The fourth-order valence-corrected chi connectivity index (χ4v) is 4.98. The lowest BCUT2D eigenvalue weighted by atomic mass is 9.83. The SMILES string of the molecule is Cn1c(=O)n(-c2ccc3c(c2)CCNCC3)c(=O)n1C1CCC(CCC(=O)O)CC1. The van der Waals surface area contributed by atoms with Gasteiger partial charge in [0.2, 0.25) is 0 Å². The van der Waals surface area contributed by atoms with Crippen molar-refractivity contribution in [1.29, 1.82) is 0 Å². The smallest absolute Gasteiger partial charge is 0.352 e. The zero-order valence-corrected chi connectivity index (χ0v) is 17.5. The van der Waals surface area contributed by atoms with Crippen LogP contribution in [-0.4, -0.2) is 38.1 Å². The summed E-state index contributed by atoms with van der Waals surface area (Å²) in [5.74, 6) is -0.380. The van der Waals surface area contributed by atoms with Gasteiger partial charge in [-0.05, 0) is 87.2 Å². The first kappa shape index (κ1) is 20.7. The molecule has 2 aliphatic rings. The molecule has 2 aromatic rings. The molecule has 2 heterocycles. The quantitative estimate of drug-likeness (QED) is 0.775. The molecule has 0 unspecified atom stereocenters. The summed E-state index contributed by atoms with van der Waals surface area (Å²) in [7, 11) is 1.66. The molecule has 1 aromatic heterocycles. The Morgan fingerprint density at radius 1 is 1.07 bits per heavy atom. The predicted octanol–water partition coefficient (Wildman–Crippen LogP) is 1.62. The van der Waals surface area contributed by atoms with Crippen LogP contribution in [0, 0.1) is 5.92 Å². The summed E-state index contributed by atoms with van der Waals surface area (Å²) in [4.78, 5) is 37.0. The first-order chi connectivity index (χ1) is 14.5. The van der Waals surface area contributed by atoms with Crippen LogP contribution in [0.2, 0.25) is 0 Å². The molecule has 8 heteroatoms. The van der Waals surface area contributed by atoms with Gasteiger partial charge in [-0.25, -0.2) is 23.5 Å². The van der Waals surface area contributed by atoms with Crippen LogP contribution in [0.25, 0.3) is 5.69 Å². The van der Waals surface area contributed by atoms with E-state index in [2.05, 4.69) is 5.32 Å². The van der Waals surface area contributed by atoms with Crippen molar-refractivity contribution in [1.82, 2.24) is 19.2 Å². The highest BCUT2D eigenvalue weighted by molar-refractivity contribution is 5.66. The van der Waals surface area contributed by atoms with Crippen LogP contribution in [0.1, 0.15) is 55.7 Å². The Labute approximate surface area is 175 Å². The lowest BCUT2D eigenvalue weighted by molar-refractivity contribution is -0.137. The van der Waals surface area contributed by atoms with Crippen molar-refractivity contribution >= 4 is 5.97 Å². The number of carboxylic acid groups (broad SMARTS) is 1. The number of hydrogen-bond donors (Lipinski definition) is 2. The average molecular weight is 415 g/mol. The minimum Gasteiger partial charge on any atom is -0.481 e. The normalized spacial score (nSPS) is 21.8. The van der Waals surface area contributed by atoms with E-state index in [-0.39, 0.29) is 23.8 Å². The van der Waals surface area contributed by atoms with Crippen LogP contribution in [0.3, 0.4) is 0 Å². The van der Waals surface area contributed by atoms with E-state index in [1.54, 1.807) is 11.7 Å². The van der Waals surface area contributed by atoms with Gasteiger partial charge in [-0.2, -0.15) is 0 Å². The Kier molecular flexibility index (Phi) is 5.94. The molecule has 8 nitrogen and oxygen atoms in total. The average Bonchev–Trinajstić information content (AvgIpc) is 2.89. The van der Waals surface area contributed by atoms with Crippen LogP contribution in [0.15, 0.2) is 27.8 Å². The molecule has 0 amide bonds. The van der Waals surface area contributed by atoms with E-state index < -0.39 is 5.97 Å². The highest BCUT2D eigenvalue weighted by atomic mass is 16.4. The third-order valence-electron chi connectivity index (χ3n) is 6.70. The van der Waals surface area contributed by atoms with E-state index in [4.69, 9.17) is 5.11 Å². The minimum atomic E-state index is -0.760. The molecule has 2 N–H and O–H groups in total. The molecule has 0 spiro atoms. The molecule has 30 heavy (non-hydrogen) atoms. The molecule has 1 aliphatic heterocycles. The van der Waals surface area contributed by atoms with E-state index in [0.717, 1.165) is 51.6 Å². The van der Waals surface area contributed by atoms with Crippen molar-refractivity contribution < 1.29 is 9.90 Å². The van der Waals surface area contributed by atoms with Gasteiger partial charge >= 0.3 is 17.3 Å². The largest absolute Gasteiger partial charge is 0.481 e. The van der Waals surface area contributed by atoms with E-state index in [1.807, 2.05) is 18.2 Å². The zero-order chi connectivity index (χ0) is 21.3. The Hall–Kier alpha value is -2.61. The summed E-state index contributed by atoms with van der Waals surface area (Å²) in [5.41, 5.74) is 2.49. The van der Waals surface area contributed by atoms with Crippen molar-refractivity contribution in [3.8, 4) is 5.69 Å². The molecule has 1 aromatic carbocycles. The summed E-state index contributed by atoms with van der Waals surface area (Å²) in [6.45, 7) is 1.84. The first-order valence-corrected chi connectivity index (χ1v) is 10.9. The van der Waals surface area contributed by atoms with Gasteiger partial charge in [0.1, 0.15) is 0 Å². The van der Waals surface area contributed by atoms with E-state index >= 15 is 0 Å². The number of rotatable bonds is 5. The molecule has 162 valence electrons. The molecule has 0 atom stereocenters. The van der Waals surface area contributed by atoms with Gasteiger partial charge in [0.15, 0.2) is 0 Å². The van der Waals surface area contributed by atoms with E-state index in [0.29, 0.717) is 18.0 Å². The highest BCUT2D eigenvalue weighted by Gasteiger charge is 2.27. The van der Waals surface area contributed by atoms with Gasteiger partial charge in [0.05, 0.1) is 11.7 Å². The van der Waals surface area contributed by atoms with Gasteiger partial charge in [-0.15, -0.1) is 0 Å². The Morgan fingerprint density at radius 2 is 1.77 bits per heavy atom. The van der Waals surface area contributed by atoms with Gasteiger partial charge in [-0.3, -0.25) is 4.79 Å². The number of hydrogen-bond acceptors (Lipinski definition) is 4. The molecule has 1 aliphatic carbocycles. The van der Waals surface area contributed by atoms with Crippen LogP contribution in [-0.2, 0) is 24.7 Å². The molecule has 0 saturated heterocycles. The number of aromatic nitrogens is 3. The molecule has 0 bridgehead atoms. The van der Waals surface area contributed by atoms with Gasteiger partial charge in [0.25, 0.3) is 0 Å². The maximum atomic E-state index is 13.3. The van der Waals surface area contributed by atoms with Crippen molar-refractivity contribution in [2.75, 3.05) is 13.1 Å². The maximum Gasteiger partial charge on any atom is 0.352 e. The minimum absolute atomic E-state index is 0.0254. The summed E-state index contributed by atoms with van der Waals surface area (Å²) in [5, 5.41) is 12.3. The lowest BCUT2D eigenvalue weighted by Gasteiger charge is -2.29. The first-order valence-electron chi connectivity index (χ1n) is 10.9. The number of nitrogens with one attached hydrogen (secondary N) is 1. The topological polar surface area (TPSA) is 98.3 Å². The number of carbonyl (C=O) groups is 1. The molecular weight excluding hydrogens is 384 g/mol. The summed E-state index contributed by atoms with van der Waals surface area (Å²) >= 11 is 0. The third-order valence-corrected chi connectivity index (χ3v) is 6.70. The molecule has 1 saturated carbocycles. The molecule has 1 fully saturated rings. The number of benzene rings is 1. The second kappa shape index (κ2) is 8.63. The second-order valence-electron chi connectivity index (χ2n) is 8.58. The number of nitrogens with zero attached hydrogens (tertiary/aromatic N) is 3. The summed E-state index contributed by atoms with van der Waals surface area (Å²) in [6.07, 6.45) is 6.06. The second-order valence-corrected chi connectivity index (χ2v) is 8.58. The zero-order valence-electron chi connectivity index (χ0n) is 17.5. The summed E-state index contributed by atoms with van der Waals surface area (Å²) < 4.78 is 4.33. The predicted molar refractivity (Wildman–Crippen MR) is 113 cm³/mol. The Balaban J connectivity index is 1.59. The standard InChI is InChI=1S/C22H30N4O4/c1-24-21(29)25(19-8-5-16-10-12-23-13-11-17(16)14-19)22(30)26(24)18-6-2-15(3-7-18)4-9-20(27)28/h5,8,14-15,18,23H,2-4,6-7,9-13H2,1H3,(H,27,28). The maximum absolute atomic E-state index is 13.3. The van der Waals surface area contributed by atoms with E-state index in [1.165, 1.54) is 20.4 Å². The van der Waals surface area contributed by atoms with Crippen LogP contribution in [0.4, 0.5) is 0 Å². The van der Waals surface area contributed by atoms with Crippen molar-refractivity contribution in [2.24, 2.45) is 13.0 Å². The van der Waals surface area contributed by atoms with Crippen LogP contribution < -0.4 is 16.7 Å². The lowest BCUT2D eigenvalue weighted by Crippen LogP contribution is -2.32. The number of aliphatic carboxylic acids is 1. The monoisotopic (exact) mass is 414 g/mol. The fraction of sp³-hybridized carbons (Fsp3) is 0.591. The van der Waals surface area contributed by atoms with Crippen LogP contribution in [0.5, 0.6) is 0 Å². The van der Waals surface area contributed by atoms with Crippen molar-refractivity contribution in [2.45, 2.75) is 57.4 Å². The Morgan fingerprint density at radius 3 is 2.47 bits per heavy atom. The van der Waals surface area contributed by atoms with Gasteiger partial charge in [0, 0.05) is 13.5 Å². The van der Waals surface area contributed by atoms with Gasteiger partial charge in [-0.1, -0.05) is 6.07 Å². The van der Waals surface area contributed by atoms with Crippen molar-refractivity contribution in [3.05, 3.63) is 50.3 Å². The molecular formula is C22H30N4O4. The third kappa shape index (κ3) is 4.01. The van der Waals surface area contributed by atoms with Crippen molar-refractivity contribution in [3.63, 3.8) is 0 Å². The fourth-order valence-electron chi connectivity index (χ4n) is 4.98.